The molecule has 1 heteroatoms. The molecule has 0 aliphatic carbocycles. The largest absolute Gasteiger partial charge is 0.309 e. The quantitative estimate of drug-likeness (QED) is 0.194. The average Bonchev–Trinajstić information content (AvgIpc) is 3.12. The van der Waals surface area contributed by atoms with Gasteiger partial charge in [0.25, 0.3) is 0 Å². The van der Waals surface area contributed by atoms with Crippen LogP contribution in [0.1, 0.15) is 11.1 Å². The van der Waals surface area contributed by atoms with E-state index >= 15 is 0 Å². The number of rotatable bonds is 3. The van der Waals surface area contributed by atoms with E-state index in [-0.39, 0.29) is 0 Å². The van der Waals surface area contributed by atoms with Crippen molar-refractivity contribution >= 4 is 77.0 Å². The van der Waals surface area contributed by atoms with Crippen molar-refractivity contribution < 1.29 is 0 Å². The van der Waals surface area contributed by atoms with Crippen LogP contribution in [-0.2, 0) is 0 Å². The summed E-state index contributed by atoms with van der Waals surface area (Å²) in [5.74, 6) is 0. The standard InChI is InChI=1S/C42H29N/c1-3-29-30(4-2)40-27-28(25-26-37(40)32-16-6-5-15-31(29)32)43-41-23-13-11-21-38(41)35-19-9-7-17-33(35)34-18-8-10-20-36(34)39-22-12-14-24-42(39)43/h3-27H,1-2H2. The van der Waals surface area contributed by atoms with Gasteiger partial charge < -0.3 is 4.57 Å². The Hall–Kier alpha value is -5.66. The molecular formula is C42H29N. The van der Waals surface area contributed by atoms with Crippen molar-refractivity contribution in [1.82, 2.24) is 4.57 Å². The van der Waals surface area contributed by atoms with Crippen molar-refractivity contribution in [2.24, 2.45) is 0 Å². The van der Waals surface area contributed by atoms with Gasteiger partial charge in [-0.05, 0) is 78.5 Å². The molecule has 0 unspecified atom stereocenters. The third-order valence-electron chi connectivity index (χ3n) is 8.77. The Balaban J connectivity index is 1.66. The molecule has 0 amide bonds. The van der Waals surface area contributed by atoms with Gasteiger partial charge in [-0.2, -0.15) is 0 Å². The fourth-order valence-corrected chi connectivity index (χ4v) is 6.92. The number of nitrogens with zero attached hydrogens (tertiary/aromatic N) is 1. The molecule has 0 saturated carbocycles. The van der Waals surface area contributed by atoms with Gasteiger partial charge >= 0.3 is 0 Å². The molecule has 1 heterocycles. The SMILES string of the molecule is C=Cc1c(C=C)c2cc(-n3c4ccccc4c4ccccc4c4ccccc4c4ccccc43)ccc2c2ccccc12. The summed E-state index contributed by atoms with van der Waals surface area (Å²) < 4.78 is 2.43. The maximum Gasteiger partial charge on any atom is 0.0540 e. The van der Waals surface area contributed by atoms with E-state index in [1.165, 1.54) is 48.5 Å². The van der Waals surface area contributed by atoms with E-state index < -0.39 is 0 Å². The highest BCUT2D eigenvalue weighted by Gasteiger charge is 2.14. The van der Waals surface area contributed by atoms with E-state index in [1.54, 1.807) is 0 Å². The summed E-state index contributed by atoms with van der Waals surface area (Å²) in [7, 11) is 0. The first-order valence-corrected chi connectivity index (χ1v) is 14.7. The normalized spacial score (nSPS) is 11.4. The Kier molecular flexibility index (Phi) is 5.84. The maximum absolute atomic E-state index is 4.24. The zero-order chi connectivity index (χ0) is 28.9. The van der Waals surface area contributed by atoms with Gasteiger partial charge in [-0.25, -0.2) is 0 Å². The van der Waals surface area contributed by atoms with Crippen LogP contribution in [0.3, 0.4) is 0 Å². The lowest BCUT2D eigenvalue weighted by Crippen LogP contribution is -1.99. The van der Waals surface area contributed by atoms with E-state index in [0.29, 0.717) is 0 Å². The summed E-state index contributed by atoms with van der Waals surface area (Å²) in [6.45, 7) is 8.43. The second-order valence-electron chi connectivity index (χ2n) is 11.0. The van der Waals surface area contributed by atoms with Crippen molar-refractivity contribution in [2.45, 2.75) is 0 Å². The highest BCUT2D eigenvalue weighted by atomic mass is 15.0. The van der Waals surface area contributed by atoms with Gasteiger partial charge in [-0.3, -0.25) is 0 Å². The van der Waals surface area contributed by atoms with Crippen LogP contribution in [0.4, 0.5) is 0 Å². The molecule has 43 heavy (non-hydrogen) atoms. The third kappa shape index (κ3) is 3.79. The monoisotopic (exact) mass is 547 g/mol. The number of hydrogen-bond donors (Lipinski definition) is 0. The molecule has 8 aromatic rings. The van der Waals surface area contributed by atoms with Gasteiger partial charge in [0.15, 0.2) is 0 Å². The van der Waals surface area contributed by atoms with Crippen molar-refractivity contribution in [1.29, 1.82) is 0 Å². The van der Waals surface area contributed by atoms with Crippen LogP contribution in [-0.4, -0.2) is 4.57 Å². The molecule has 0 saturated heterocycles. The molecule has 202 valence electrons. The Morgan fingerprint density at radius 3 is 1.19 bits per heavy atom. The van der Waals surface area contributed by atoms with Gasteiger partial charge in [0, 0.05) is 16.5 Å². The predicted molar refractivity (Wildman–Crippen MR) is 189 cm³/mol. The molecule has 0 bridgehead atoms. The molecule has 0 aliphatic heterocycles. The van der Waals surface area contributed by atoms with Gasteiger partial charge in [0.1, 0.15) is 0 Å². The number of para-hydroxylation sites is 2. The lowest BCUT2D eigenvalue weighted by atomic mass is 9.91. The summed E-state index contributed by atoms with van der Waals surface area (Å²) in [4.78, 5) is 0. The highest BCUT2D eigenvalue weighted by Crippen LogP contribution is 2.38. The first-order chi connectivity index (χ1) is 21.3. The van der Waals surface area contributed by atoms with E-state index in [9.17, 15) is 0 Å². The van der Waals surface area contributed by atoms with E-state index in [1.807, 2.05) is 12.2 Å². The Bertz CT molecular complexity index is 2390. The van der Waals surface area contributed by atoms with Gasteiger partial charge in [0.05, 0.1) is 11.0 Å². The minimum atomic E-state index is 1.10. The lowest BCUT2D eigenvalue weighted by Gasteiger charge is -2.17. The van der Waals surface area contributed by atoms with Crippen LogP contribution in [0.25, 0.3) is 82.7 Å². The van der Waals surface area contributed by atoms with Crippen LogP contribution >= 0.6 is 0 Å². The Morgan fingerprint density at radius 1 is 0.349 bits per heavy atom. The van der Waals surface area contributed by atoms with Crippen molar-refractivity contribution in [3.63, 3.8) is 0 Å². The molecule has 8 rings (SSSR count). The third-order valence-corrected chi connectivity index (χ3v) is 8.77. The van der Waals surface area contributed by atoms with Crippen LogP contribution in [0.15, 0.2) is 153 Å². The van der Waals surface area contributed by atoms with E-state index in [2.05, 4.69) is 157 Å². The van der Waals surface area contributed by atoms with Crippen molar-refractivity contribution in [3.8, 4) is 5.69 Å². The number of hydrogen-bond acceptors (Lipinski definition) is 0. The Labute approximate surface area is 250 Å². The second-order valence-corrected chi connectivity index (χ2v) is 11.0. The predicted octanol–water partition coefficient (Wildman–Crippen LogP) is 11.8. The number of benzene rings is 7. The summed E-state index contributed by atoms with van der Waals surface area (Å²) in [6.07, 6.45) is 3.94. The van der Waals surface area contributed by atoms with Crippen molar-refractivity contribution in [2.75, 3.05) is 0 Å². The molecule has 0 aliphatic rings. The van der Waals surface area contributed by atoms with Crippen LogP contribution in [0.5, 0.6) is 0 Å². The van der Waals surface area contributed by atoms with Gasteiger partial charge in [0.2, 0.25) is 0 Å². The first kappa shape index (κ1) is 25.1. The summed E-state index contributed by atoms with van der Waals surface area (Å²) >= 11 is 0. The van der Waals surface area contributed by atoms with E-state index in [0.717, 1.165) is 33.2 Å². The minimum Gasteiger partial charge on any atom is -0.309 e. The topological polar surface area (TPSA) is 4.93 Å². The fraction of sp³-hybridized carbons (Fsp3) is 0. The molecule has 0 fully saturated rings. The second kappa shape index (κ2) is 10.0. The fourth-order valence-electron chi connectivity index (χ4n) is 6.92. The highest BCUT2D eigenvalue weighted by molar-refractivity contribution is 6.20. The number of aromatic nitrogens is 1. The molecule has 0 atom stereocenters. The van der Waals surface area contributed by atoms with Gasteiger partial charge in [-0.15, -0.1) is 0 Å². The molecule has 7 aromatic carbocycles. The zero-order valence-electron chi connectivity index (χ0n) is 23.8. The first-order valence-electron chi connectivity index (χ1n) is 14.7. The van der Waals surface area contributed by atoms with Crippen molar-refractivity contribution in [3.05, 3.63) is 164 Å². The molecule has 0 radical (unpaired) electrons. The van der Waals surface area contributed by atoms with Crippen LogP contribution in [0.2, 0.25) is 0 Å². The number of fused-ring (bicyclic) bond motifs is 10. The minimum absolute atomic E-state index is 1.10. The maximum atomic E-state index is 4.24. The van der Waals surface area contributed by atoms with Crippen LogP contribution in [0, 0.1) is 0 Å². The summed E-state index contributed by atoms with van der Waals surface area (Å²) in [6, 6.07) is 50.5. The van der Waals surface area contributed by atoms with Gasteiger partial charge in [-0.1, -0.05) is 141 Å². The summed E-state index contributed by atoms with van der Waals surface area (Å²) in [5, 5.41) is 12.1. The molecule has 1 nitrogen and oxygen atoms in total. The molecule has 0 spiro atoms. The zero-order valence-corrected chi connectivity index (χ0v) is 23.8. The average molecular weight is 548 g/mol. The Morgan fingerprint density at radius 2 is 0.698 bits per heavy atom. The molecular weight excluding hydrogens is 518 g/mol. The molecule has 1 aromatic heterocycles. The van der Waals surface area contributed by atoms with Crippen LogP contribution < -0.4 is 0 Å². The summed E-state index contributed by atoms with van der Waals surface area (Å²) in [5.41, 5.74) is 5.59. The molecule has 0 N–H and O–H groups in total. The smallest absolute Gasteiger partial charge is 0.0540 e. The van der Waals surface area contributed by atoms with E-state index in [4.69, 9.17) is 0 Å². The lowest BCUT2D eigenvalue weighted by molar-refractivity contribution is 1.18.